The first-order valence-electron chi connectivity index (χ1n) is 7.66. The van der Waals surface area contributed by atoms with Crippen molar-refractivity contribution in [3.05, 3.63) is 53.6 Å². The molecule has 0 N–H and O–H groups in total. The zero-order valence-corrected chi connectivity index (χ0v) is 14.9. The Morgan fingerprint density at radius 1 is 1.00 bits per heavy atom. The van der Waals surface area contributed by atoms with Crippen molar-refractivity contribution in [2.45, 2.75) is 4.90 Å². The number of piperazine rings is 1. The fourth-order valence-corrected chi connectivity index (χ4v) is 4.70. The van der Waals surface area contributed by atoms with Crippen molar-refractivity contribution in [3.8, 4) is 5.75 Å². The predicted molar refractivity (Wildman–Crippen MR) is 95.4 cm³/mol. The first kappa shape index (κ1) is 17.1. The van der Waals surface area contributed by atoms with E-state index in [9.17, 15) is 8.42 Å². The van der Waals surface area contributed by atoms with Crippen molar-refractivity contribution < 1.29 is 13.2 Å². The van der Waals surface area contributed by atoms with Gasteiger partial charge in [0.05, 0.1) is 12.1 Å². The van der Waals surface area contributed by atoms with Gasteiger partial charge in [0.1, 0.15) is 10.6 Å². The highest BCUT2D eigenvalue weighted by Crippen LogP contribution is 2.27. The molecule has 1 aliphatic heterocycles. The normalized spacial score (nSPS) is 16.2. The van der Waals surface area contributed by atoms with E-state index in [2.05, 4.69) is 4.90 Å². The lowest BCUT2D eigenvalue weighted by Gasteiger charge is -2.35. The summed E-state index contributed by atoms with van der Waals surface area (Å²) in [5.41, 5.74) is 1.03. The van der Waals surface area contributed by atoms with E-state index in [1.54, 1.807) is 31.4 Å². The number of ether oxygens (including phenoxy) is 1. The number of anilines is 1. The highest BCUT2D eigenvalue weighted by atomic mass is 35.5. The lowest BCUT2D eigenvalue weighted by atomic mass is 10.2. The van der Waals surface area contributed by atoms with Gasteiger partial charge in [0.15, 0.2) is 0 Å². The van der Waals surface area contributed by atoms with E-state index in [0.29, 0.717) is 26.2 Å². The van der Waals surface area contributed by atoms with Crippen LogP contribution in [0.1, 0.15) is 0 Å². The fourth-order valence-electron chi connectivity index (χ4n) is 2.79. The van der Waals surface area contributed by atoms with Crippen LogP contribution in [0.2, 0.25) is 5.02 Å². The summed E-state index contributed by atoms with van der Waals surface area (Å²) in [5.74, 6) is 0.790. The summed E-state index contributed by atoms with van der Waals surface area (Å²) < 4.78 is 32.2. The van der Waals surface area contributed by atoms with Crippen LogP contribution in [0.3, 0.4) is 0 Å². The Morgan fingerprint density at radius 2 is 1.71 bits per heavy atom. The molecule has 0 atom stereocenters. The Kier molecular flexibility index (Phi) is 4.99. The van der Waals surface area contributed by atoms with Crippen LogP contribution < -0.4 is 9.64 Å². The van der Waals surface area contributed by atoms with Gasteiger partial charge in [0.2, 0.25) is 10.0 Å². The van der Waals surface area contributed by atoms with E-state index in [1.165, 1.54) is 4.31 Å². The molecule has 1 saturated heterocycles. The molecule has 128 valence electrons. The van der Waals surface area contributed by atoms with Gasteiger partial charge in [-0.1, -0.05) is 29.8 Å². The molecule has 0 unspecified atom stereocenters. The molecule has 1 aliphatic rings. The molecule has 0 bridgehead atoms. The van der Waals surface area contributed by atoms with Crippen molar-refractivity contribution in [2.75, 3.05) is 38.2 Å². The predicted octanol–water partition coefficient (Wildman–Crippen LogP) is 2.86. The van der Waals surface area contributed by atoms with Crippen molar-refractivity contribution in [1.29, 1.82) is 0 Å². The van der Waals surface area contributed by atoms with Crippen LogP contribution in [0.4, 0.5) is 5.69 Å². The summed E-state index contributed by atoms with van der Waals surface area (Å²) in [4.78, 5) is 2.32. The number of methoxy groups -OCH3 is 1. The minimum absolute atomic E-state index is 0.168. The maximum atomic E-state index is 12.8. The Morgan fingerprint density at radius 3 is 2.38 bits per heavy atom. The zero-order valence-electron chi connectivity index (χ0n) is 13.4. The van der Waals surface area contributed by atoms with Gasteiger partial charge in [-0.2, -0.15) is 4.31 Å². The molecular formula is C17H19ClN2O3S. The molecule has 24 heavy (non-hydrogen) atoms. The molecule has 0 aromatic heterocycles. The van der Waals surface area contributed by atoms with E-state index < -0.39 is 10.0 Å². The molecule has 0 aliphatic carbocycles. The summed E-state index contributed by atoms with van der Waals surface area (Å²) >= 11 is 6.06. The molecule has 1 heterocycles. The number of benzene rings is 2. The Hall–Kier alpha value is -1.76. The summed E-state index contributed by atoms with van der Waals surface area (Å²) in [6.07, 6.45) is 0. The second-order valence-electron chi connectivity index (χ2n) is 5.52. The summed E-state index contributed by atoms with van der Waals surface area (Å²) in [6, 6.07) is 14.3. The third-order valence-electron chi connectivity index (χ3n) is 4.11. The molecule has 0 saturated carbocycles. The number of nitrogens with zero attached hydrogens (tertiary/aromatic N) is 2. The number of rotatable bonds is 4. The minimum Gasteiger partial charge on any atom is -0.497 e. The van der Waals surface area contributed by atoms with Gasteiger partial charge in [-0.3, -0.25) is 0 Å². The van der Waals surface area contributed by atoms with Gasteiger partial charge in [-0.05, 0) is 24.3 Å². The fraction of sp³-hybridized carbons (Fsp3) is 0.294. The zero-order chi connectivity index (χ0) is 17.2. The summed E-state index contributed by atoms with van der Waals surface area (Å²) in [6.45, 7) is 2.09. The molecule has 0 radical (unpaired) electrons. The molecule has 3 rings (SSSR count). The third-order valence-corrected chi connectivity index (χ3v) is 6.51. The van der Waals surface area contributed by atoms with Crippen molar-refractivity contribution in [1.82, 2.24) is 4.31 Å². The molecule has 0 amide bonds. The maximum Gasteiger partial charge on any atom is 0.244 e. The highest BCUT2D eigenvalue weighted by Gasteiger charge is 2.30. The van der Waals surface area contributed by atoms with Crippen molar-refractivity contribution in [3.63, 3.8) is 0 Å². The van der Waals surface area contributed by atoms with E-state index in [-0.39, 0.29) is 9.92 Å². The van der Waals surface area contributed by atoms with Crippen molar-refractivity contribution >= 4 is 27.3 Å². The van der Waals surface area contributed by atoms with Gasteiger partial charge in [-0.25, -0.2) is 8.42 Å². The van der Waals surface area contributed by atoms with Gasteiger partial charge in [0.25, 0.3) is 0 Å². The lowest BCUT2D eigenvalue weighted by Crippen LogP contribution is -2.48. The largest absolute Gasteiger partial charge is 0.497 e. The number of sulfonamides is 1. The molecule has 5 nitrogen and oxygen atoms in total. The van der Waals surface area contributed by atoms with Crippen LogP contribution in [0, 0.1) is 0 Å². The Balaban J connectivity index is 1.74. The highest BCUT2D eigenvalue weighted by molar-refractivity contribution is 7.89. The van der Waals surface area contributed by atoms with Crippen LogP contribution >= 0.6 is 11.6 Å². The quantitative estimate of drug-likeness (QED) is 0.834. The number of hydrogen-bond donors (Lipinski definition) is 0. The molecule has 7 heteroatoms. The minimum atomic E-state index is -3.56. The molecule has 2 aromatic carbocycles. The number of hydrogen-bond acceptors (Lipinski definition) is 4. The Labute approximate surface area is 147 Å². The van der Waals surface area contributed by atoms with E-state index in [0.717, 1.165) is 11.4 Å². The monoisotopic (exact) mass is 366 g/mol. The summed E-state index contributed by atoms with van der Waals surface area (Å²) in [5, 5.41) is 0.257. The summed E-state index contributed by atoms with van der Waals surface area (Å²) in [7, 11) is -1.93. The van der Waals surface area contributed by atoms with Crippen LogP contribution in [0.5, 0.6) is 5.75 Å². The second kappa shape index (κ2) is 7.01. The molecule has 2 aromatic rings. The standard InChI is InChI=1S/C17H19ClN2O3S/c1-23-15-6-4-5-14(13-15)19-9-11-20(12-10-19)24(21,22)17-8-3-2-7-16(17)18/h2-8,13H,9-12H2,1H3. The average molecular weight is 367 g/mol. The van der Waals surface area contributed by atoms with Gasteiger partial charge >= 0.3 is 0 Å². The third kappa shape index (κ3) is 3.36. The molecule has 1 fully saturated rings. The van der Waals surface area contributed by atoms with E-state index in [1.807, 2.05) is 24.3 Å². The van der Waals surface area contributed by atoms with Crippen LogP contribution in [-0.2, 0) is 10.0 Å². The molecule has 0 spiro atoms. The first-order valence-corrected chi connectivity index (χ1v) is 9.48. The SMILES string of the molecule is COc1cccc(N2CCN(S(=O)(=O)c3ccccc3Cl)CC2)c1. The topological polar surface area (TPSA) is 49.9 Å². The van der Waals surface area contributed by atoms with Gasteiger partial charge < -0.3 is 9.64 Å². The van der Waals surface area contributed by atoms with Gasteiger partial charge in [0, 0.05) is 37.9 Å². The van der Waals surface area contributed by atoms with Crippen molar-refractivity contribution in [2.24, 2.45) is 0 Å². The van der Waals surface area contributed by atoms with E-state index in [4.69, 9.17) is 16.3 Å². The maximum absolute atomic E-state index is 12.8. The molecular weight excluding hydrogens is 348 g/mol. The first-order chi connectivity index (χ1) is 11.5. The van der Waals surface area contributed by atoms with Crippen LogP contribution in [0.15, 0.2) is 53.4 Å². The van der Waals surface area contributed by atoms with E-state index >= 15 is 0 Å². The van der Waals surface area contributed by atoms with Crippen LogP contribution in [0.25, 0.3) is 0 Å². The second-order valence-corrected chi connectivity index (χ2v) is 7.84. The Bertz CT molecular complexity index is 818. The smallest absolute Gasteiger partial charge is 0.244 e. The average Bonchev–Trinajstić information content (AvgIpc) is 2.62. The van der Waals surface area contributed by atoms with Gasteiger partial charge in [-0.15, -0.1) is 0 Å². The lowest BCUT2D eigenvalue weighted by molar-refractivity contribution is 0.384. The number of halogens is 1. The van der Waals surface area contributed by atoms with Crippen LogP contribution in [-0.4, -0.2) is 46.0 Å².